The van der Waals surface area contributed by atoms with Crippen molar-refractivity contribution in [3.05, 3.63) is 68.2 Å². The van der Waals surface area contributed by atoms with E-state index in [9.17, 15) is 27.6 Å². The van der Waals surface area contributed by atoms with Crippen molar-refractivity contribution in [3.8, 4) is 0 Å². The van der Waals surface area contributed by atoms with E-state index in [1.54, 1.807) is 11.0 Å². The third-order valence-electron chi connectivity index (χ3n) is 4.97. The van der Waals surface area contributed by atoms with Gasteiger partial charge in [0.05, 0.1) is 38.3 Å². The number of amides is 1. The lowest BCUT2D eigenvalue weighted by Gasteiger charge is -2.32. The number of quaternary nitrogens is 1. The van der Waals surface area contributed by atoms with E-state index in [4.69, 9.17) is 0 Å². The van der Waals surface area contributed by atoms with Crippen molar-refractivity contribution in [1.82, 2.24) is 14.7 Å². The number of hydrogen-bond donors (Lipinski definition) is 2. The van der Waals surface area contributed by atoms with Crippen molar-refractivity contribution in [3.63, 3.8) is 0 Å². The average molecular weight is 411 g/mol. The van der Waals surface area contributed by atoms with Crippen LogP contribution in [0.2, 0.25) is 0 Å². The highest BCUT2D eigenvalue weighted by Gasteiger charge is 2.31. The van der Waals surface area contributed by atoms with Gasteiger partial charge in [-0.25, -0.2) is 4.68 Å². The number of nitrogens with zero attached hydrogens (tertiary/aromatic N) is 2. The third-order valence-corrected chi connectivity index (χ3v) is 4.97. The summed E-state index contributed by atoms with van der Waals surface area (Å²) in [5.41, 5.74) is -0.837. The Morgan fingerprint density at radius 3 is 2.52 bits per heavy atom. The van der Waals surface area contributed by atoms with Gasteiger partial charge in [0.15, 0.2) is 0 Å². The van der Waals surface area contributed by atoms with E-state index in [0.717, 1.165) is 27.8 Å². The van der Waals surface area contributed by atoms with Gasteiger partial charge in [0.2, 0.25) is 5.91 Å². The summed E-state index contributed by atoms with van der Waals surface area (Å²) >= 11 is 0. The molecule has 1 saturated heterocycles. The molecule has 0 bridgehead atoms. The second kappa shape index (κ2) is 8.64. The summed E-state index contributed by atoms with van der Waals surface area (Å²) < 4.78 is 39.6. The Morgan fingerprint density at radius 2 is 1.83 bits per heavy atom. The lowest BCUT2D eigenvalue weighted by Crippen LogP contribution is -3.13. The van der Waals surface area contributed by atoms with Crippen molar-refractivity contribution in [2.24, 2.45) is 0 Å². The summed E-state index contributed by atoms with van der Waals surface area (Å²) in [6.45, 7) is 2.80. The molecule has 2 heterocycles. The fourth-order valence-electron chi connectivity index (χ4n) is 3.39. The molecule has 1 aliphatic heterocycles. The SMILES string of the molecule is O=C(CCn1[nH]c(=O)ccc1=O)N1CC[NH+](Cc2cccc(C(F)(F)F)c2)CC1. The maximum absolute atomic E-state index is 12.8. The van der Waals surface area contributed by atoms with Crippen LogP contribution in [0, 0.1) is 0 Å². The summed E-state index contributed by atoms with van der Waals surface area (Å²) in [7, 11) is 0. The van der Waals surface area contributed by atoms with Gasteiger partial charge in [0.1, 0.15) is 6.54 Å². The number of aromatic nitrogens is 2. The minimum absolute atomic E-state index is 0.0861. The fourth-order valence-corrected chi connectivity index (χ4v) is 3.39. The quantitative estimate of drug-likeness (QED) is 0.720. The molecule has 2 aromatic rings. The van der Waals surface area contributed by atoms with Gasteiger partial charge < -0.3 is 9.80 Å². The van der Waals surface area contributed by atoms with E-state index in [-0.39, 0.29) is 24.4 Å². The number of carbonyl (C=O) groups is 1. The second-order valence-electron chi connectivity index (χ2n) is 7.05. The van der Waals surface area contributed by atoms with E-state index in [2.05, 4.69) is 5.10 Å². The summed E-state index contributed by atoms with van der Waals surface area (Å²) in [4.78, 5) is 38.1. The molecule has 0 spiro atoms. The number of aromatic amines is 1. The first kappa shape index (κ1) is 20.8. The van der Waals surface area contributed by atoms with Gasteiger partial charge in [0.25, 0.3) is 11.1 Å². The minimum atomic E-state index is -4.36. The molecule has 1 aromatic carbocycles. The highest BCUT2D eigenvalue weighted by atomic mass is 19.4. The molecule has 1 aromatic heterocycles. The predicted molar refractivity (Wildman–Crippen MR) is 98.4 cm³/mol. The number of benzene rings is 1. The molecule has 0 saturated carbocycles. The van der Waals surface area contributed by atoms with Crippen LogP contribution in [0.5, 0.6) is 0 Å². The normalized spacial score (nSPS) is 15.5. The first-order valence-electron chi connectivity index (χ1n) is 9.30. The lowest BCUT2D eigenvalue weighted by atomic mass is 10.1. The second-order valence-corrected chi connectivity index (χ2v) is 7.05. The molecule has 1 fully saturated rings. The first-order valence-corrected chi connectivity index (χ1v) is 9.30. The van der Waals surface area contributed by atoms with Crippen molar-refractivity contribution in [2.75, 3.05) is 26.2 Å². The lowest BCUT2D eigenvalue weighted by molar-refractivity contribution is -0.917. The van der Waals surface area contributed by atoms with Crippen molar-refractivity contribution in [1.29, 1.82) is 0 Å². The Labute approximate surface area is 164 Å². The number of rotatable bonds is 5. The Morgan fingerprint density at radius 1 is 1.10 bits per heavy atom. The van der Waals surface area contributed by atoms with Crippen LogP contribution in [0.15, 0.2) is 46.0 Å². The van der Waals surface area contributed by atoms with Gasteiger partial charge in [-0.15, -0.1) is 0 Å². The van der Waals surface area contributed by atoms with Gasteiger partial charge in [-0.2, -0.15) is 13.2 Å². The van der Waals surface area contributed by atoms with E-state index in [1.807, 2.05) is 0 Å². The van der Waals surface area contributed by atoms with Gasteiger partial charge in [-0.05, 0) is 12.1 Å². The maximum Gasteiger partial charge on any atom is 0.416 e. The van der Waals surface area contributed by atoms with Crippen LogP contribution >= 0.6 is 0 Å². The molecule has 7 nitrogen and oxygen atoms in total. The van der Waals surface area contributed by atoms with Crippen molar-refractivity contribution >= 4 is 5.91 Å². The standard InChI is InChI=1S/C19H21F3N4O3/c20-19(21,22)15-3-1-2-14(12-15)13-24-8-10-25(11-9-24)17(28)6-7-26-18(29)5-4-16(27)23-26/h1-5,12H,6-11,13H2,(H,23,27)/p+1. The van der Waals surface area contributed by atoms with Crippen molar-refractivity contribution < 1.29 is 22.9 Å². The first-order chi connectivity index (χ1) is 13.7. The number of carbonyl (C=O) groups excluding carboxylic acids is 1. The summed E-state index contributed by atoms with van der Waals surface area (Å²) in [5, 5.41) is 2.38. The molecule has 29 heavy (non-hydrogen) atoms. The van der Waals surface area contributed by atoms with Crippen LogP contribution in [-0.2, 0) is 24.1 Å². The monoisotopic (exact) mass is 411 g/mol. The Bertz CT molecular complexity index is 975. The van der Waals surface area contributed by atoms with Crippen LogP contribution < -0.4 is 16.0 Å². The number of nitrogens with one attached hydrogen (secondary N) is 2. The van der Waals surface area contributed by atoms with Crippen LogP contribution in [0.25, 0.3) is 0 Å². The smallest absolute Gasteiger partial charge is 0.331 e. The topological polar surface area (TPSA) is 79.6 Å². The summed E-state index contributed by atoms with van der Waals surface area (Å²) in [6, 6.07) is 7.60. The average Bonchev–Trinajstić information content (AvgIpc) is 2.68. The minimum Gasteiger partial charge on any atom is -0.331 e. The molecule has 1 aliphatic rings. The van der Waals surface area contributed by atoms with Crippen LogP contribution in [0.1, 0.15) is 17.5 Å². The van der Waals surface area contributed by atoms with Gasteiger partial charge in [-0.1, -0.05) is 12.1 Å². The molecule has 1 amide bonds. The van der Waals surface area contributed by atoms with Gasteiger partial charge in [-0.3, -0.25) is 19.5 Å². The van der Waals surface area contributed by atoms with E-state index < -0.39 is 17.3 Å². The molecule has 156 valence electrons. The molecule has 3 rings (SSSR count). The van der Waals surface area contributed by atoms with Crippen LogP contribution in [-0.4, -0.2) is 46.8 Å². The summed E-state index contributed by atoms with van der Waals surface area (Å²) in [5.74, 6) is -0.125. The zero-order chi connectivity index (χ0) is 21.0. The van der Waals surface area contributed by atoms with Crippen LogP contribution in [0.4, 0.5) is 13.2 Å². The fraction of sp³-hybridized carbons (Fsp3) is 0.421. The van der Waals surface area contributed by atoms with Crippen LogP contribution in [0.3, 0.4) is 0 Å². The number of alkyl halides is 3. The highest BCUT2D eigenvalue weighted by molar-refractivity contribution is 5.76. The third kappa shape index (κ3) is 5.57. The molecule has 2 N–H and O–H groups in total. The number of piperazine rings is 1. The number of H-pyrrole nitrogens is 1. The molecule has 10 heteroatoms. The molecule has 0 unspecified atom stereocenters. The Kier molecular flexibility index (Phi) is 6.21. The molecule has 0 aliphatic carbocycles. The van der Waals surface area contributed by atoms with Gasteiger partial charge in [0, 0.05) is 24.1 Å². The predicted octanol–water partition coefficient (Wildman–Crippen LogP) is -0.127. The number of halogens is 3. The largest absolute Gasteiger partial charge is 0.416 e. The number of hydrogen-bond acceptors (Lipinski definition) is 3. The molecule has 0 radical (unpaired) electrons. The number of aryl methyl sites for hydroxylation is 1. The molecular weight excluding hydrogens is 389 g/mol. The zero-order valence-electron chi connectivity index (χ0n) is 15.7. The van der Waals surface area contributed by atoms with E-state index in [0.29, 0.717) is 38.3 Å². The molecular formula is C19H22F3N4O3+. The van der Waals surface area contributed by atoms with Gasteiger partial charge >= 0.3 is 6.18 Å². The summed E-state index contributed by atoms with van der Waals surface area (Å²) in [6.07, 6.45) is -4.27. The highest BCUT2D eigenvalue weighted by Crippen LogP contribution is 2.29. The Hall–Kier alpha value is -2.88. The maximum atomic E-state index is 12.8. The van der Waals surface area contributed by atoms with E-state index >= 15 is 0 Å². The zero-order valence-corrected chi connectivity index (χ0v) is 15.7. The van der Waals surface area contributed by atoms with Crippen molar-refractivity contribution in [2.45, 2.75) is 25.7 Å². The van der Waals surface area contributed by atoms with E-state index in [1.165, 1.54) is 12.1 Å². The Balaban J connectivity index is 1.50. The molecule has 0 atom stereocenters.